The normalized spacial score (nSPS) is 33.6. The van der Waals surface area contributed by atoms with Crippen LogP contribution in [-0.4, -0.2) is 71.8 Å². The van der Waals surface area contributed by atoms with Crippen LogP contribution in [0.2, 0.25) is 0 Å². The Hall–Kier alpha value is -4.39. The third-order valence-electron chi connectivity index (χ3n) is 10.9. The van der Waals surface area contributed by atoms with Gasteiger partial charge in [0.15, 0.2) is 17.2 Å². The third-order valence-corrected chi connectivity index (χ3v) is 10.9. The molecule has 3 aromatic rings. The summed E-state index contributed by atoms with van der Waals surface area (Å²) in [5.41, 5.74) is 3.20. The number of aromatic nitrogens is 2. The van der Waals surface area contributed by atoms with Gasteiger partial charge in [-0.3, -0.25) is 24.3 Å². The number of hydrogen-bond donors (Lipinski definition) is 7. The average molecular weight is 631 g/mol. The van der Waals surface area contributed by atoms with Gasteiger partial charge in [-0.1, -0.05) is 45.9 Å². The van der Waals surface area contributed by atoms with Crippen molar-refractivity contribution in [2.24, 2.45) is 40.2 Å². The molecule has 12 nitrogen and oxygen atoms in total. The predicted octanol–water partition coefficient (Wildman–Crippen LogP) is 2.22. The van der Waals surface area contributed by atoms with Gasteiger partial charge < -0.3 is 31.5 Å². The van der Waals surface area contributed by atoms with E-state index in [1.54, 1.807) is 57.2 Å². The summed E-state index contributed by atoms with van der Waals surface area (Å²) in [6.07, 6.45) is -1.73. The second kappa shape index (κ2) is 10.6. The van der Waals surface area contributed by atoms with Crippen LogP contribution in [0.1, 0.15) is 60.5 Å². The summed E-state index contributed by atoms with van der Waals surface area (Å²) < 4.78 is 0. The number of nitrogens with two attached hydrogens (primary N) is 1. The van der Waals surface area contributed by atoms with Gasteiger partial charge in [-0.25, -0.2) is 0 Å². The van der Waals surface area contributed by atoms with E-state index in [2.05, 4.69) is 15.5 Å². The number of primary amides is 1. The zero-order valence-corrected chi connectivity index (χ0v) is 25.9. The van der Waals surface area contributed by atoms with Gasteiger partial charge in [-0.15, -0.1) is 0 Å². The number of benzene rings is 2. The lowest BCUT2D eigenvalue weighted by atomic mass is 9.39. The van der Waals surface area contributed by atoms with Crippen molar-refractivity contribution < 1.29 is 39.6 Å². The first-order valence-electron chi connectivity index (χ1n) is 15.3. The van der Waals surface area contributed by atoms with Crippen LogP contribution in [0.25, 0.3) is 11.1 Å². The molecular formula is C34H38N4O8. The van der Waals surface area contributed by atoms with Crippen LogP contribution in [0, 0.1) is 34.5 Å². The molecule has 46 heavy (non-hydrogen) atoms. The highest BCUT2D eigenvalue weighted by molar-refractivity contribution is 6.10. The number of amides is 2. The Bertz CT molecular complexity index is 1750. The zero-order chi connectivity index (χ0) is 33.5. The van der Waals surface area contributed by atoms with Gasteiger partial charge in [0.25, 0.3) is 5.91 Å². The molecule has 2 saturated carbocycles. The molecule has 242 valence electrons. The van der Waals surface area contributed by atoms with E-state index < -0.39 is 63.9 Å². The molecule has 0 aliphatic heterocycles. The lowest BCUT2D eigenvalue weighted by Gasteiger charge is -2.66. The molecule has 3 aliphatic carbocycles. The Morgan fingerprint density at radius 2 is 1.74 bits per heavy atom. The number of carbonyl (C=O) groups excluding carboxylic acids is 4. The highest BCUT2D eigenvalue weighted by Crippen LogP contribution is 2.66. The summed E-state index contributed by atoms with van der Waals surface area (Å²) in [5, 5.41) is 55.7. The van der Waals surface area contributed by atoms with Gasteiger partial charge in [0.05, 0.1) is 17.6 Å². The molecule has 0 spiro atoms. The van der Waals surface area contributed by atoms with Crippen molar-refractivity contribution in [3.8, 4) is 16.9 Å². The Kier molecular flexibility index (Phi) is 7.26. The molecule has 1 aromatic heterocycles. The number of Topliss-reactive ketones (excluding diaryl/α,β-unsaturated/α-hetero) is 2. The number of aromatic hydroxyl groups is 1. The van der Waals surface area contributed by atoms with Gasteiger partial charge >= 0.3 is 0 Å². The van der Waals surface area contributed by atoms with E-state index >= 15 is 0 Å². The summed E-state index contributed by atoms with van der Waals surface area (Å²) in [5.74, 6) is -7.76. The maximum absolute atomic E-state index is 14.3. The van der Waals surface area contributed by atoms with E-state index in [0.717, 1.165) is 0 Å². The fourth-order valence-corrected chi connectivity index (χ4v) is 9.12. The average Bonchev–Trinajstić information content (AvgIpc) is 3.51. The molecule has 0 radical (unpaired) electrons. The third kappa shape index (κ3) is 4.27. The van der Waals surface area contributed by atoms with E-state index in [9.17, 15) is 39.6 Å². The van der Waals surface area contributed by atoms with Gasteiger partial charge in [0.1, 0.15) is 23.5 Å². The van der Waals surface area contributed by atoms with E-state index in [-0.39, 0.29) is 36.0 Å². The number of nitrogens with zero attached hydrogens (tertiary/aromatic N) is 1. The number of fused-ring (bicyclic) bond motifs is 3. The minimum absolute atomic E-state index is 0.0157. The Balaban J connectivity index is 1.43. The summed E-state index contributed by atoms with van der Waals surface area (Å²) in [4.78, 5) is 53.1. The number of aliphatic hydroxyl groups excluding tert-OH is 2. The monoisotopic (exact) mass is 630 g/mol. The second-order valence-corrected chi connectivity index (χ2v) is 14.0. The van der Waals surface area contributed by atoms with Crippen LogP contribution in [-0.2, 0) is 16.0 Å². The number of hydrogen-bond acceptors (Lipinski definition) is 9. The first kappa shape index (κ1) is 31.6. The van der Waals surface area contributed by atoms with Crippen molar-refractivity contribution in [2.75, 3.05) is 5.32 Å². The quantitative estimate of drug-likeness (QED) is 0.205. The lowest BCUT2D eigenvalue weighted by molar-refractivity contribution is -0.265. The van der Waals surface area contributed by atoms with Crippen LogP contribution in [0.5, 0.6) is 5.75 Å². The van der Waals surface area contributed by atoms with Crippen LogP contribution < -0.4 is 11.1 Å². The lowest BCUT2D eigenvalue weighted by Crippen LogP contribution is -2.79. The minimum atomic E-state index is -2.57. The first-order valence-corrected chi connectivity index (χ1v) is 15.3. The number of anilines is 1. The van der Waals surface area contributed by atoms with E-state index in [1.807, 2.05) is 6.92 Å². The number of rotatable bonds is 5. The summed E-state index contributed by atoms with van der Waals surface area (Å²) >= 11 is 0. The largest absolute Gasteiger partial charge is 0.507 e. The molecule has 8 N–H and O–H groups in total. The van der Waals surface area contributed by atoms with E-state index in [4.69, 9.17) is 5.73 Å². The van der Waals surface area contributed by atoms with Gasteiger partial charge in [0.2, 0.25) is 5.91 Å². The topological polar surface area (TPSA) is 216 Å². The molecule has 1 heterocycles. The van der Waals surface area contributed by atoms with Gasteiger partial charge in [0, 0.05) is 17.3 Å². The van der Waals surface area contributed by atoms with Crippen LogP contribution >= 0.6 is 0 Å². The molecule has 2 fully saturated rings. The summed E-state index contributed by atoms with van der Waals surface area (Å²) in [6.45, 7) is 7.03. The van der Waals surface area contributed by atoms with E-state index in [1.165, 1.54) is 12.3 Å². The number of H-pyrrole nitrogens is 1. The highest BCUT2D eigenvalue weighted by Gasteiger charge is 2.75. The number of carbonyl (C=O) groups is 4. The van der Waals surface area contributed by atoms with Crippen molar-refractivity contribution in [2.45, 2.75) is 58.3 Å². The van der Waals surface area contributed by atoms with Crippen molar-refractivity contribution in [1.29, 1.82) is 0 Å². The number of phenolic OH excluding ortho intramolecular Hbond substituents is 1. The fourth-order valence-electron chi connectivity index (χ4n) is 9.12. The summed E-state index contributed by atoms with van der Waals surface area (Å²) in [6, 6.07) is 11.6. The van der Waals surface area contributed by atoms with E-state index in [0.29, 0.717) is 28.1 Å². The molecule has 8 atom stereocenters. The Labute approximate surface area is 265 Å². The van der Waals surface area contributed by atoms with Crippen LogP contribution in [0.3, 0.4) is 0 Å². The van der Waals surface area contributed by atoms with Crippen molar-refractivity contribution in [3.05, 3.63) is 65.5 Å². The minimum Gasteiger partial charge on any atom is -0.507 e. The van der Waals surface area contributed by atoms with Gasteiger partial charge in [-0.2, -0.15) is 5.10 Å². The van der Waals surface area contributed by atoms with Crippen LogP contribution in [0.4, 0.5) is 5.69 Å². The SMILES string of the molecule is CC(C)[C@H]1C(O)[C@@H](C(N)=O)C(=O)[C@]2(O)C(O)[C@H]3C(=O)c4c(O)ccc(-c5ccc(NC(=O)c6ccn[nH]6)cc5)c4C[C@]3(C)C[C@]12C. The molecule has 2 amide bonds. The zero-order valence-electron chi connectivity index (χ0n) is 25.9. The molecule has 2 aromatic carbocycles. The molecule has 12 heteroatoms. The number of phenols is 1. The molecule has 3 aliphatic rings. The molecule has 6 rings (SSSR count). The predicted molar refractivity (Wildman–Crippen MR) is 165 cm³/mol. The number of nitrogens with one attached hydrogen (secondary N) is 2. The number of ketones is 2. The molecular weight excluding hydrogens is 592 g/mol. The number of aliphatic hydroxyl groups is 3. The van der Waals surface area contributed by atoms with Crippen LogP contribution in [0.15, 0.2) is 48.7 Å². The fraction of sp³-hybridized carbons (Fsp3) is 0.441. The summed E-state index contributed by atoms with van der Waals surface area (Å²) in [7, 11) is 0. The van der Waals surface area contributed by atoms with Crippen molar-refractivity contribution in [3.63, 3.8) is 0 Å². The maximum atomic E-state index is 14.3. The number of aromatic amines is 1. The molecule has 0 saturated heterocycles. The standard InChI is InChI=1S/C34H38N4O8/c1-15(2)24-27(41)23(30(35)44)28(42)34(46)29(43)25-26(40)22-19(13-32(25,3)14-33(24,34)4)18(9-10-21(22)39)16-5-7-17(8-6-16)37-31(45)20-11-12-36-38-20/h5-12,15,23-25,27,29,39,41,43,46H,13-14H2,1-4H3,(H2,35,44)(H,36,38)(H,37,45)/t23-,24+,25-,27?,29?,32-,33-,34+/m1/s1. The second-order valence-electron chi connectivity index (χ2n) is 14.0. The highest BCUT2D eigenvalue weighted by atomic mass is 16.4. The first-order chi connectivity index (χ1) is 21.6. The Morgan fingerprint density at radius 1 is 1.07 bits per heavy atom. The molecule has 0 bridgehead atoms. The van der Waals surface area contributed by atoms with Crippen molar-refractivity contribution in [1.82, 2.24) is 10.2 Å². The van der Waals surface area contributed by atoms with Gasteiger partial charge in [-0.05, 0) is 71.0 Å². The maximum Gasteiger partial charge on any atom is 0.273 e. The van der Waals surface area contributed by atoms with Crippen molar-refractivity contribution >= 4 is 29.1 Å². The Morgan fingerprint density at radius 3 is 2.33 bits per heavy atom. The molecule has 2 unspecified atom stereocenters. The smallest absolute Gasteiger partial charge is 0.273 e.